The average molecular weight is 216 g/mol. The molecule has 1 N–H and O–H groups in total. The molecule has 2 aromatic rings. The van der Waals surface area contributed by atoms with Crippen molar-refractivity contribution >= 4 is 0 Å². The van der Waals surface area contributed by atoms with Crippen LogP contribution in [0.4, 0.5) is 0 Å². The molecule has 4 heteroatoms. The van der Waals surface area contributed by atoms with E-state index in [4.69, 9.17) is 0 Å². The van der Waals surface area contributed by atoms with E-state index in [1.807, 2.05) is 23.0 Å². The molecule has 0 unspecified atom stereocenters. The van der Waals surface area contributed by atoms with Gasteiger partial charge in [0.05, 0.1) is 12.0 Å². The molecule has 0 aliphatic rings. The van der Waals surface area contributed by atoms with E-state index in [-0.39, 0.29) is 0 Å². The Kier molecular flexibility index (Phi) is 3.66. The van der Waals surface area contributed by atoms with Crippen LogP contribution >= 0.6 is 0 Å². The zero-order valence-electron chi connectivity index (χ0n) is 9.43. The van der Waals surface area contributed by atoms with Crippen molar-refractivity contribution in [3.8, 4) is 5.69 Å². The Morgan fingerprint density at radius 1 is 1.31 bits per heavy atom. The van der Waals surface area contributed by atoms with Crippen LogP contribution in [-0.4, -0.2) is 21.1 Å². The highest BCUT2D eigenvalue weighted by atomic mass is 15.0. The molecule has 2 rings (SSSR count). The van der Waals surface area contributed by atoms with E-state index in [2.05, 4.69) is 22.2 Å². The molecule has 0 aromatic carbocycles. The Bertz CT molecular complexity index is 422. The van der Waals surface area contributed by atoms with Gasteiger partial charge in [-0.3, -0.25) is 4.98 Å². The SMILES string of the molecule is CCCNCc1cnccc1-n1ccnc1. The number of aromatic nitrogens is 3. The van der Waals surface area contributed by atoms with Gasteiger partial charge in [0.2, 0.25) is 0 Å². The zero-order chi connectivity index (χ0) is 11.2. The summed E-state index contributed by atoms with van der Waals surface area (Å²) in [6.45, 7) is 4.03. The molecule has 0 saturated heterocycles. The van der Waals surface area contributed by atoms with Gasteiger partial charge in [-0.15, -0.1) is 0 Å². The van der Waals surface area contributed by atoms with Crippen LogP contribution in [0.5, 0.6) is 0 Å². The third kappa shape index (κ3) is 2.46. The normalized spacial score (nSPS) is 10.6. The van der Waals surface area contributed by atoms with Crippen LogP contribution in [0.3, 0.4) is 0 Å². The highest BCUT2D eigenvalue weighted by molar-refractivity contribution is 5.38. The largest absolute Gasteiger partial charge is 0.313 e. The summed E-state index contributed by atoms with van der Waals surface area (Å²) in [7, 11) is 0. The lowest BCUT2D eigenvalue weighted by molar-refractivity contribution is 0.671. The molecule has 16 heavy (non-hydrogen) atoms. The number of hydrogen-bond acceptors (Lipinski definition) is 3. The number of rotatable bonds is 5. The highest BCUT2D eigenvalue weighted by Gasteiger charge is 2.03. The number of imidazole rings is 1. The second-order valence-electron chi connectivity index (χ2n) is 3.65. The van der Waals surface area contributed by atoms with Crippen molar-refractivity contribution in [3.05, 3.63) is 42.7 Å². The molecule has 0 fully saturated rings. The summed E-state index contributed by atoms with van der Waals surface area (Å²) in [5, 5.41) is 3.38. The van der Waals surface area contributed by atoms with Gasteiger partial charge in [0, 0.05) is 36.9 Å². The quantitative estimate of drug-likeness (QED) is 0.774. The van der Waals surface area contributed by atoms with E-state index in [0.717, 1.165) is 25.2 Å². The van der Waals surface area contributed by atoms with Crippen molar-refractivity contribution in [1.82, 2.24) is 19.9 Å². The van der Waals surface area contributed by atoms with Gasteiger partial charge in [-0.1, -0.05) is 6.92 Å². The van der Waals surface area contributed by atoms with Crippen molar-refractivity contribution in [3.63, 3.8) is 0 Å². The summed E-state index contributed by atoms with van der Waals surface area (Å²) in [4.78, 5) is 8.22. The first-order valence-corrected chi connectivity index (χ1v) is 5.53. The van der Waals surface area contributed by atoms with Gasteiger partial charge < -0.3 is 9.88 Å². The van der Waals surface area contributed by atoms with Gasteiger partial charge in [-0.05, 0) is 19.0 Å². The van der Waals surface area contributed by atoms with E-state index in [9.17, 15) is 0 Å². The van der Waals surface area contributed by atoms with Crippen LogP contribution in [0.1, 0.15) is 18.9 Å². The van der Waals surface area contributed by atoms with Crippen molar-refractivity contribution < 1.29 is 0 Å². The third-order valence-corrected chi connectivity index (χ3v) is 2.40. The van der Waals surface area contributed by atoms with E-state index < -0.39 is 0 Å². The second kappa shape index (κ2) is 5.42. The molecular formula is C12H16N4. The van der Waals surface area contributed by atoms with Crippen LogP contribution in [0.15, 0.2) is 37.2 Å². The van der Waals surface area contributed by atoms with Crippen molar-refractivity contribution in [1.29, 1.82) is 0 Å². The molecule has 2 aromatic heterocycles. The molecule has 0 radical (unpaired) electrons. The molecule has 0 atom stereocenters. The van der Waals surface area contributed by atoms with Crippen molar-refractivity contribution in [2.75, 3.05) is 6.54 Å². The van der Waals surface area contributed by atoms with Gasteiger partial charge in [0.1, 0.15) is 0 Å². The van der Waals surface area contributed by atoms with E-state index in [0.29, 0.717) is 0 Å². The van der Waals surface area contributed by atoms with Gasteiger partial charge in [-0.25, -0.2) is 4.98 Å². The molecule has 84 valence electrons. The van der Waals surface area contributed by atoms with Crippen LogP contribution < -0.4 is 5.32 Å². The fourth-order valence-corrected chi connectivity index (χ4v) is 1.61. The van der Waals surface area contributed by atoms with Crippen LogP contribution in [0.25, 0.3) is 5.69 Å². The fourth-order valence-electron chi connectivity index (χ4n) is 1.61. The lowest BCUT2D eigenvalue weighted by atomic mass is 10.2. The third-order valence-electron chi connectivity index (χ3n) is 2.40. The monoisotopic (exact) mass is 216 g/mol. The van der Waals surface area contributed by atoms with Gasteiger partial charge in [0.15, 0.2) is 0 Å². The first-order valence-electron chi connectivity index (χ1n) is 5.53. The fraction of sp³-hybridized carbons (Fsp3) is 0.333. The van der Waals surface area contributed by atoms with Gasteiger partial charge in [-0.2, -0.15) is 0 Å². The first kappa shape index (κ1) is 10.8. The first-order chi connectivity index (χ1) is 7.92. The number of nitrogens with zero attached hydrogens (tertiary/aromatic N) is 3. The maximum absolute atomic E-state index is 4.16. The molecule has 4 nitrogen and oxygen atoms in total. The Labute approximate surface area is 95.4 Å². The highest BCUT2D eigenvalue weighted by Crippen LogP contribution is 2.12. The van der Waals surface area contributed by atoms with Crippen molar-refractivity contribution in [2.45, 2.75) is 19.9 Å². The standard InChI is InChI=1S/C12H16N4/c1-2-4-13-8-11-9-14-5-3-12(11)16-7-6-15-10-16/h3,5-7,9-10,13H,2,4,8H2,1H3. The van der Waals surface area contributed by atoms with Crippen LogP contribution in [-0.2, 0) is 6.54 Å². The molecule has 2 heterocycles. The summed E-state index contributed by atoms with van der Waals surface area (Å²) in [6, 6.07) is 2.00. The summed E-state index contributed by atoms with van der Waals surface area (Å²) in [5.41, 5.74) is 2.32. The number of hydrogen-bond donors (Lipinski definition) is 1. The summed E-state index contributed by atoms with van der Waals surface area (Å²) >= 11 is 0. The van der Waals surface area contributed by atoms with Gasteiger partial charge >= 0.3 is 0 Å². The minimum absolute atomic E-state index is 0.842. The number of pyridine rings is 1. The van der Waals surface area contributed by atoms with Gasteiger partial charge in [0.25, 0.3) is 0 Å². The molecule has 0 aliphatic carbocycles. The molecule has 0 saturated carbocycles. The Morgan fingerprint density at radius 3 is 3.00 bits per heavy atom. The lowest BCUT2D eigenvalue weighted by Crippen LogP contribution is -2.15. The zero-order valence-corrected chi connectivity index (χ0v) is 9.43. The molecular weight excluding hydrogens is 200 g/mol. The Hall–Kier alpha value is -1.68. The lowest BCUT2D eigenvalue weighted by Gasteiger charge is -2.09. The second-order valence-corrected chi connectivity index (χ2v) is 3.65. The summed E-state index contributed by atoms with van der Waals surface area (Å²) < 4.78 is 2.00. The Balaban J connectivity index is 2.18. The summed E-state index contributed by atoms with van der Waals surface area (Å²) in [6.07, 6.45) is 10.4. The maximum atomic E-state index is 4.16. The summed E-state index contributed by atoms with van der Waals surface area (Å²) in [5.74, 6) is 0. The van der Waals surface area contributed by atoms with E-state index in [1.54, 1.807) is 18.7 Å². The molecule has 0 bridgehead atoms. The minimum atomic E-state index is 0.842. The smallest absolute Gasteiger partial charge is 0.0991 e. The molecule has 0 amide bonds. The predicted octanol–water partition coefficient (Wildman–Crippen LogP) is 1.77. The minimum Gasteiger partial charge on any atom is -0.313 e. The molecule has 0 spiro atoms. The van der Waals surface area contributed by atoms with E-state index >= 15 is 0 Å². The topological polar surface area (TPSA) is 42.7 Å². The van der Waals surface area contributed by atoms with E-state index in [1.165, 1.54) is 5.56 Å². The predicted molar refractivity (Wildman–Crippen MR) is 63.4 cm³/mol. The van der Waals surface area contributed by atoms with Crippen LogP contribution in [0.2, 0.25) is 0 Å². The maximum Gasteiger partial charge on any atom is 0.0991 e. The van der Waals surface area contributed by atoms with Crippen molar-refractivity contribution in [2.24, 2.45) is 0 Å². The Morgan fingerprint density at radius 2 is 2.25 bits per heavy atom. The number of nitrogens with one attached hydrogen (secondary N) is 1. The van der Waals surface area contributed by atoms with Crippen LogP contribution in [0, 0.1) is 0 Å². The molecule has 0 aliphatic heterocycles. The average Bonchev–Trinajstić information content (AvgIpc) is 2.83.